The molecular weight excluding hydrogens is 398 g/mol. The second kappa shape index (κ2) is 10.2. The zero-order chi connectivity index (χ0) is 22.3. The van der Waals surface area contributed by atoms with Crippen LogP contribution in [0.15, 0.2) is 77.1 Å². The van der Waals surface area contributed by atoms with E-state index in [1.54, 1.807) is 0 Å². The maximum Gasteiger partial charge on any atom is 0.280 e. The van der Waals surface area contributed by atoms with Crippen LogP contribution in [0.2, 0.25) is 0 Å². The van der Waals surface area contributed by atoms with Crippen LogP contribution in [0, 0.1) is 0 Å². The van der Waals surface area contributed by atoms with Crippen LogP contribution >= 0.6 is 0 Å². The van der Waals surface area contributed by atoms with Gasteiger partial charge in [-0.25, -0.2) is 4.68 Å². The molecule has 1 heterocycles. The first-order chi connectivity index (χ1) is 15.7. The SMILES string of the molecule is CCn1nc(-c2ccccc2)c(-c2ccccc2)c(C(=O)NCCC2=CCCCC2)c1=O. The van der Waals surface area contributed by atoms with E-state index in [0.29, 0.717) is 24.3 Å². The number of carbonyl (C=O) groups is 1. The molecule has 0 atom stereocenters. The van der Waals surface area contributed by atoms with E-state index in [4.69, 9.17) is 0 Å². The molecule has 0 saturated carbocycles. The fraction of sp³-hybridized carbons (Fsp3) is 0.296. The zero-order valence-electron chi connectivity index (χ0n) is 18.5. The van der Waals surface area contributed by atoms with Crippen molar-refractivity contribution >= 4 is 5.91 Å². The third-order valence-corrected chi connectivity index (χ3v) is 5.91. The number of hydrogen-bond acceptors (Lipinski definition) is 3. The summed E-state index contributed by atoms with van der Waals surface area (Å²) in [6, 6.07) is 19.3. The number of hydrogen-bond donors (Lipinski definition) is 1. The molecule has 0 bridgehead atoms. The van der Waals surface area contributed by atoms with E-state index in [1.165, 1.54) is 23.1 Å². The fourth-order valence-corrected chi connectivity index (χ4v) is 4.24. The molecule has 164 valence electrons. The Morgan fingerprint density at radius 2 is 1.69 bits per heavy atom. The van der Waals surface area contributed by atoms with Crippen LogP contribution in [-0.2, 0) is 6.54 Å². The van der Waals surface area contributed by atoms with E-state index < -0.39 is 0 Å². The molecule has 0 unspecified atom stereocenters. The number of carbonyl (C=O) groups excluding carboxylic acids is 1. The Balaban J connectivity index is 1.78. The van der Waals surface area contributed by atoms with Crippen LogP contribution in [0.4, 0.5) is 0 Å². The van der Waals surface area contributed by atoms with Gasteiger partial charge in [-0.15, -0.1) is 0 Å². The van der Waals surface area contributed by atoms with Crippen molar-refractivity contribution in [1.82, 2.24) is 15.1 Å². The lowest BCUT2D eigenvalue weighted by Gasteiger charge is -2.17. The van der Waals surface area contributed by atoms with Crippen molar-refractivity contribution in [1.29, 1.82) is 0 Å². The lowest BCUT2D eigenvalue weighted by molar-refractivity contribution is 0.0952. The Morgan fingerprint density at radius 1 is 1.00 bits per heavy atom. The lowest BCUT2D eigenvalue weighted by atomic mass is 9.95. The average Bonchev–Trinajstić information content (AvgIpc) is 2.85. The van der Waals surface area contributed by atoms with Gasteiger partial charge in [-0.1, -0.05) is 72.3 Å². The number of benzene rings is 2. The standard InChI is InChI=1S/C27H29N3O2/c1-2-30-27(32)24(26(31)28-19-18-20-12-6-3-7-13-20)23(21-14-8-4-9-15-21)25(29-30)22-16-10-5-11-17-22/h4-5,8-12,14-17H,2-3,6-7,13,18-19H2,1H3,(H,28,31). The highest BCUT2D eigenvalue weighted by Crippen LogP contribution is 2.32. The number of amides is 1. The summed E-state index contributed by atoms with van der Waals surface area (Å²) in [6.07, 6.45) is 7.78. The summed E-state index contributed by atoms with van der Waals surface area (Å²) in [5.41, 5.74) is 4.09. The normalized spacial score (nSPS) is 13.5. The highest BCUT2D eigenvalue weighted by molar-refractivity contribution is 6.03. The quantitative estimate of drug-likeness (QED) is 0.526. The Bertz CT molecular complexity index is 1160. The van der Waals surface area contributed by atoms with E-state index in [9.17, 15) is 9.59 Å². The molecule has 0 radical (unpaired) electrons. The molecule has 0 fully saturated rings. The predicted octanol–water partition coefficient (Wildman–Crippen LogP) is 5.22. The molecule has 5 nitrogen and oxygen atoms in total. The molecule has 0 aliphatic heterocycles. The Labute approximate surface area is 188 Å². The van der Waals surface area contributed by atoms with Crippen LogP contribution in [0.25, 0.3) is 22.4 Å². The molecule has 0 saturated heterocycles. The topological polar surface area (TPSA) is 64.0 Å². The number of nitrogens with zero attached hydrogens (tertiary/aromatic N) is 2. The highest BCUT2D eigenvalue weighted by atomic mass is 16.2. The van der Waals surface area contributed by atoms with E-state index in [-0.39, 0.29) is 17.0 Å². The summed E-state index contributed by atoms with van der Waals surface area (Å²) >= 11 is 0. The average molecular weight is 428 g/mol. The van der Waals surface area contributed by atoms with Crippen molar-refractivity contribution in [2.75, 3.05) is 6.54 Å². The van der Waals surface area contributed by atoms with Gasteiger partial charge in [0.15, 0.2) is 0 Å². The molecule has 3 aromatic rings. The maximum atomic E-state index is 13.4. The third-order valence-electron chi connectivity index (χ3n) is 5.91. The minimum absolute atomic E-state index is 0.157. The minimum Gasteiger partial charge on any atom is -0.352 e. The van der Waals surface area contributed by atoms with Crippen molar-refractivity contribution in [2.24, 2.45) is 0 Å². The molecule has 1 aliphatic carbocycles. The molecule has 4 rings (SSSR count). The van der Waals surface area contributed by atoms with Crippen LogP contribution in [0.5, 0.6) is 0 Å². The van der Waals surface area contributed by atoms with Crippen molar-refractivity contribution in [3.8, 4) is 22.4 Å². The summed E-state index contributed by atoms with van der Waals surface area (Å²) < 4.78 is 1.38. The predicted molar refractivity (Wildman–Crippen MR) is 129 cm³/mol. The summed E-state index contributed by atoms with van der Waals surface area (Å²) in [5, 5.41) is 7.66. The van der Waals surface area contributed by atoms with Gasteiger partial charge in [-0.05, 0) is 44.6 Å². The van der Waals surface area contributed by atoms with Gasteiger partial charge in [0.25, 0.3) is 11.5 Å². The summed E-state index contributed by atoms with van der Waals surface area (Å²) in [5.74, 6) is -0.341. The molecule has 5 heteroatoms. The molecule has 1 aromatic heterocycles. The van der Waals surface area contributed by atoms with Gasteiger partial charge < -0.3 is 5.32 Å². The van der Waals surface area contributed by atoms with E-state index in [0.717, 1.165) is 30.4 Å². The van der Waals surface area contributed by atoms with E-state index >= 15 is 0 Å². The Kier molecular flexibility index (Phi) is 6.95. The van der Waals surface area contributed by atoms with Gasteiger partial charge in [0.2, 0.25) is 0 Å². The first-order valence-electron chi connectivity index (χ1n) is 11.4. The van der Waals surface area contributed by atoms with Gasteiger partial charge >= 0.3 is 0 Å². The monoisotopic (exact) mass is 427 g/mol. The number of allylic oxidation sites excluding steroid dienone is 1. The van der Waals surface area contributed by atoms with Gasteiger partial charge in [-0.3, -0.25) is 9.59 Å². The summed E-state index contributed by atoms with van der Waals surface area (Å²) in [4.78, 5) is 26.7. The number of rotatable bonds is 7. The lowest BCUT2D eigenvalue weighted by Crippen LogP contribution is -2.36. The van der Waals surface area contributed by atoms with Crippen LogP contribution in [0.3, 0.4) is 0 Å². The smallest absolute Gasteiger partial charge is 0.280 e. The van der Waals surface area contributed by atoms with Crippen molar-refractivity contribution in [3.63, 3.8) is 0 Å². The van der Waals surface area contributed by atoms with Crippen molar-refractivity contribution in [3.05, 3.63) is 88.2 Å². The first kappa shape index (κ1) is 21.8. The third kappa shape index (κ3) is 4.72. The Morgan fingerprint density at radius 3 is 2.31 bits per heavy atom. The highest BCUT2D eigenvalue weighted by Gasteiger charge is 2.24. The van der Waals surface area contributed by atoms with Crippen LogP contribution in [0.1, 0.15) is 49.4 Å². The number of aryl methyl sites for hydroxylation is 1. The van der Waals surface area contributed by atoms with Gasteiger partial charge in [0.05, 0.1) is 5.69 Å². The molecule has 2 aromatic carbocycles. The summed E-state index contributed by atoms with van der Waals surface area (Å²) in [6.45, 7) is 2.77. The van der Waals surface area contributed by atoms with Gasteiger partial charge in [-0.2, -0.15) is 5.10 Å². The zero-order valence-corrected chi connectivity index (χ0v) is 18.5. The molecule has 1 aliphatic rings. The van der Waals surface area contributed by atoms with E-state index in [2.05, 4.69) is 16.5 Å². The fourth-order valence-electron chi connectivity index (χ4n) is 4.24. The molecule has 0 spiro atoms. The molecular formula is C27H29N3O2. The van der Waals surface area contributed by atoms with E-state index in [1.807, 2.05) is 67.6 Å². The van der Waals surface area contributed by atoms with Crippen molar-refractivity contribution in [2.45, 2.75) is 45.6 Å². The second-order valence-electron chi connectivity index (χ2n) is 8.07. The maximum absolute atomic E-state index is 13.4. The number of aromatic nitrogens is 2. The van der Waals surface area contributed by atoms with Crippen LogP contribution in [-0.4, -0.2) is 22.2 Å². The first-order valence-corrected chi connectivity index (χ1v) is 11.4. The van der Waals surface area contributed by atoms with Gasteiger partial charge in [0, 0.05) is 24.2 Å². The molecule has 1 N–H and O–H groups in total. The van der Waals surface area contributed by atoms with Crippen molar-refractivity contribution < 1.29 is 4.79 Å². The van der Waals surface area contributed by atoms with Gasteiger partial charge in [0.1, 0.15) is 5.56 Å². The molecule has 1 amide bonds. The number of nitrogens with one attached hydrogen (secondary N) is 1. The largest absolute Gasteiger partial charge is 0.352 e. The minimum atomic E-state index is -0.361. The van der Waals surface area contributed by atoms with Crippen LogP contribution < -0.4 is 10.9 Å². The Hall–Kier alpha value is -3.47. The second-order valence-corrected chi connectivity index (χ2v) is 8.07. The molecule has 32 heavy (non-hydrogen) atoms. The summed E-state index contributed by atoms with van der Waals surface area (Å²) in [7, 11) is 0.